The summed E-state index contributed by atoms with van der Waals surface area (Å²) in [5.41, 5.74) is 0.855. The second-order valence-corrected chi connectivity index (χ2v) is 5.00. The van der Waals surface area contributed by atoms with Crippen LogP contribution in [0.1, 0.15) is 25.2 Å². The molecular weight excluding hydrogens is 256 g/mol. The van der Waals surface area contributed by atoms with Gasteiger partial charge in [0, 0.05) is 37.3 Å². The normalized spacial score (nSPS) is 14.2. The van der Waals surface area contributed by atoms with Crippen molar-refractivity contribution < 1.29 is 9.32 Å². The fourth-order valence-corrected chi connectivity index (χ4v) is 1.86. The molecule has 20 heavy (non-hydrogen) atoms. The van der Waals surface area contributed by atoms with Gasteiger partial charge in [0.1, 0.15) is 0 Å². The predicted octanol–water partition coefficient (Wildman–Crippen LogP) is 1.59. The highest BCUT2D eigenvalue weighted by Crippen LogP contribution is 2.27. The lowest BCUT2D eigenvalue weighted by atomic mass is 10.2. The van der Waals surface area contributed by atoms with Crippen LogP contribution in [0.2, 0.25) is 0 Å². The summed E-state index contributed by atoms with van der Waals surface area (Å²) in [7, 11) is 0. The maximum Gasteiger partial charge on any atom is 0.227 e. The van der Waals surface area contributed by atoms with Crippen molar-refractivity contribution in [2.75, 3.05) is 6.54 Å². The highest BCUT2D eigenvalue weighted by Gasteiger charge is 2.21. The van der Waals surface area contributed by atoms with Crippen molar-refractivity contribution in [2.45, 2.75) is 25.7 Å². The first-order valence-electron chi connectivity index (χ1n) is 6.81. The summed E-state index contributed by atoms with van der Waals surface area (Å²) in [6, 6.07) is 3.63. The molecule has 104 valence electrons. The van der Waals surface area contributed by atoms with Crippen LogP contribution in [0.4, 0.5) is 0 Å². The monoisotopic (exact) mass is 272 g/mol. The quantitative estimate of drug-likeness (QED) is 0.863. The van der Waals surface area contributed by atoms with Gasteiger partial charge < -0.3 is 9.84 Å². The topological polar surface area (TPSA) is 80.9 Å². The van der Waals surface area contributed by atoms with Crippen molar-refractivity contribution in [3.8, 4) is 11.4 Å². The van der Waals surface area contributed by atoms with E-state index in [0.29, 0.717) is 30.5 Å². The van der Waals surface area contributed by atoms with Gasteiger partial charge >= 0.3 is 0 Å². The Bertz CT molecular complexity index is 578. The lowest BCUT2D eigenvalue weighted by Gasteiger charge is -2.01. The van der Waals surface area contributed by atoms with Crippen LogP contribution in [0.5, 0.6) is 0 Å². The lowest BCUT2D eigenvalue weighted by molar-refractivity contribution is -0.121. The van der Waals surface area contributed by atoms with E-state index in [1.54, 1.807) is 12.4 Å². The van der Waals surface area contributed by atoms with Crippen molar-refractivity contribution in [3.63, 3.8) is 0 Å². The van der Waals surface area contributed by atoms with E-state index in [2.05, 4.69) is 20.4 Å². The summed E-state index contributed by atoms with van der Waals surface area (Å²) in [6.07, 6.45) is 6.67. The van der Waals surface area contributed by atoms with Crippen LogP contribution in [0.15, 0.2) is 29.0 Å². The molecule has 3 rings (SSSR count). The molecule has 2 aromatic rings. The Morgan fingerprint density at radius 2 is 2.15 bits per heavy atom. The maximum absolute atomic E-state index is 11.6. The van der Waals surface area contributed by atoms with Crippen LogP contribution < -0.4 is 5.32 Å². The van der Waals surface area contributed by atoms with E-state index in [9.17, 15) is 4.79 Å². The second-order valence-electron chi connectivity index (χ2n) is 5.00. The number of hydrogen-bond acceptors (Lipinski definition) is 5. The number of pyridine rings is 1. The smallest absolute Gasteiger partial charge is 0.227 e. The molecule has 1 amide bonds. The van der Waals surface area contributed by atoms with Gasteiger partial charge in [0.2, 0.25) is 17.6 Å². The number of hydrogen-bond donors (Lipinski definition) is 1. The molecule has 1 fully saturated rings. The highest BCUT2D eigenvalue weighted by atomic mass is 16.5. The molecule has 0 saturated heterocycles. The summed E-state index contributed by atoms with van der Waals surface area (Å²) in [5.74, 6) is 1.75. The third-order valence-electron chi connectivity index (χ3n) is 3.26. The van der Waals surface area contributed by atoms with E-state index in [4.69, 9.17) is 4.52 Å². The van der Waals surface area contributed by atoms with Crippen LogP contribution in [0, 0.1) is 5.92 Å². The van der Waals surface area contributed by atoms with E-state index in [-0.39, 0.29) is 5.91 Å². The number of carbonyl (C=O) groups is 1. The molecule has 1 aliphatic rings. The van der Waals surface area contributed by atoms with E-state index in [1.165, 1.54) is 12.8 Å². The van der Waals surface area contributed by atoms with Crippen molar-refractivity contribution in [3.05, 3.63) is 30.4 Å². The van der Waals surface area contributed by atoms with E-state index < -0.39 is 0 Å². The minimum Gasteiger partial charge on any atom is -0.356 e. The molecule has 0 bridgehead atoms. The average molecular weight is 272 g/mol. The third kappa shape index (κ3) is 3.40. The summed E-state index contributed by atoms with van der Waals surface area (Å²) < 4.78 is 5.15. The van der Waals surface area contributed by atoms with Crippen molar-refractivity contribution in [2.24, 2.45) is 5.92 Å². The molecule has 1 saturated carbocycles. The van der Waals surface area contributed by atoms with Gasteiger partial charge in [0.25, 0.3) is 0 Å². The number of rotatable bonds is 6. The van der Waals surface area contributed by atoms with Gasteiger partial charge in [0.15, 0.2) is 0 Å². The van der Waals surface area contributed by atoms with Gasteiger partial charge in [-0.3, -0.25) is 9.78 Å². The van der Waals surface area contributed by atoms with Crippen molar-refractivity contribution >= 4 is 5.91 Å². The largest absolute Gasteiger partial charge is 0.356 e. The predicted molar refractivity (Wildman–Crippen MR) is 71.6 cm³/mol. The second kappa shape index (κ2) is 5.81. The van der Waals surface area contributed by atoms with Crippen LogP contribution in [-0.2, 0) is 11.2 Å². The van der Waals surface area contributed by atoms with Gasteiger partial charge in [-0.25, -0.2) is 0 Å². The van der Waals surface area contributed by atoms with Crippen molar-refractivity contribution in [1.29, 1.82) is 0 Å². The zero-order valence-electron chi connectivity index (χ0n) is 11.1. The van der Waals surface area contributed by atoms with Crippen LogP contribution in [0.25, 0.3) is 11.4 Å². The summed E-state index contributed by atoms with van der Waals surface area (Å²) in [4.78, 5) is 19.8. The van der Waals surface area contributed by atoms with E-state index in [1.807, 2.05) is 12.1 Å². The van der Waals surface area contributed by atoms with Crippen LogP contribution in [-0.4, -0.2) is 27.6 Å². The van der Waals surface area contributed by atoms with E-state index in [0.717, 1.165) is 12.1 Å². The zero-order valence-corrected chi connectivity index (χ0v) is 11.1. The number of aromatic nitrogens is 3. The van der Waals surface area contributed by atoms with Gasteiger partial charge in [0.05, 0.1) is 0 Å². The van der Waals surface area contributed by atoms with Crippen LogP contribution >= 0.6 is 0 Å². The molecule has 0 unspecified atom stereocenters. The van der Waals surface area contributed by atoms with Gasteiger partial charge in [-0.1, -0.05) is 5.16 Å². The maximum atomic E-state index is 11.6. The molecule has 2 aromatic heterocycles. The van der Waals surface area contributed by atoms with Gasteiger partial charge in [-0.2, -0.15) is 4.98 Å². The molecule has 0 aliphatic heterocycles. The number of aryl methyl sites for hydroxylation is 1. The first kappa shape index (κ1) is 12.8. The van der Waals surface area contributed by atoms with Gasteiger partial charge in [-0.15, -0.1) is 0 Å². The number of carbonyl (C=O) groups excluding carboxylic acids is 1. The van der Waals surface area contributed by atoms with Crippen molar-refractivity contribution in [1.82, 2.24) is 20.4 Å². The summed E-state index contributed by atoms with van der Waals surface area (Å²) in [6.45, 7) is 0.797. The number of amides is 1. The Labute approximate surface area is 116 Å². The molecule has 0 spiro atoms. The molecule has 1 N–H and O–H groups in total. The third-order valence-corrected chi connectivity index (χ3v) is 3.26. The summed E-state index contributed by atoms with van der Waals surface area (Å²) in [5, 5.41) is 6.82. The number of nitrogens with zero attached hydrogens (tertiary/aromatic N) is 3. The van der Waals surface area contributed by atoms with Gasteiger partial charge in [-0.05, 0) is 30.9 Å². The molecular formula is C14H16N4O2. The fourth-order valence-electron chi connectivity index (χ4n) is 1.86. The van der Waals surface area contributed by atoms with Crippen LogP contribution in [0.3, 0.4) is 0 Å². The zero-order chi connectivity index (χ0) is 13.8. The Balaban J connectivity index is 1.50. The van der Waals surface area contributed by atoms with E-state index >= 15 is 0 Å². The first-order valence-corrected chi connectivity index (χ1v) is 6.81. The molecule has 2 heterocycles. The Morgan fingerprint density at radius 3 is 2.90 bits per heavy atom. The first-order chi connectivity index (χ1) is 9.81. The molecule has 0 aromatic carbocycles. The molecule has 6 heteroatoms. The molecule has 6 nitrogen and oxygen atoms in total. The molecule has 0 radical (unpaired) electrons. The SMILES string of the molecule is O=C(CCc1nc(-c2ccncc2)no1)NCC1CC1. The fraction of sp³-hybridized carbons (Fsp3) is 0.429. The standard InChI is InChI=1S/C14H16N4O2/c19-12(16-9-10-1-2-10)3-4-13-17-14(18-20-13)11-5-7-15-8-6-11/h5-8,10H,1-4,9H2,(H,16,19). The minimum absolute atomic E-state index is 0.0422. The summed E-state index contributed by atoms with van der Waals surface area (Å²) >= 11 is 0. The molecule has 0 atom stereocenters. The Morgan fingerprint density at radius 1 is 1.35 bits per heavy atom. The Hall–Kier alpha value is -2.24. The lowest BCUT2D eigenvalue weighted by Crippen LogP contribution is -2.25. The highest BCUT2D eigenvalue weighted by molar-refractivity contribution is 5.76. The Kier molecular flexibility index (Phi) is 3.71. The number of nitrogens with one attached hydrogen (secondary N) is 1. The average Bonchev–Trinajstić information content (AvgIpc) is 3.20. The minimum atomic E-state index is 0.0422. The molecule has 1 aliphatic carbocycles.